The maximum Gasteiger partial charge on any atom is 0.255 e. The van der Waals surface area contributed by atoms with E-state index in [4.69, 9.17) is 4.74 Å². The van der Waals surface area contributed by atoms with Crippen LogP contribution in [0.4, 0.5) is 0 Å². The molecule has 2 aromatic heterocycles. The van der Waals surface area contributed by atoms with Gasteiger partial charge in [-0.1, -0.05) is 6.92 Å². The highest BCUT2D eigenvalue weighted by Gasteiger charge is 2.41. The maximum atomic E-state index is 12.9. The summed E-state index contributed by atoms with van der Waals surface area (Å²) in [4.78, 5) is 25.6. The summed E-state index contributed by atoms with van der Waals surface area (Å²) in [5.74, 6) is 0.0435. The van der Waals surface area contributed by atoms with Gasteiger partial charge >= 0.3 is 0 Å². The van der Waals surface area contributed by atoms with Crippen LogP contribution < -0.4 is 0 Å². The highest BCUT2D eigenvalue weighted by atomic mass is 16.5. The van der Waals surface area contributed by atoms with E-state index in [-0.39, 0.29) is 18.1 Å². The molecule has 0 N–H and O–H groups in total. The largest absolute Gasteiger partial charge is 0.373 e. The molecule has 1 amide bonds. The molecule has 2 saturated heterocycles. The Morgan fingerprint density at radius 3 is 2.81 bits per heavy atom. The Morgan fingerprint density at radius 2 is 2.08 bits per heavy atom. The topological polar surface area (TPSA) is 58.6 Å². The van der Waals surface area contributed by atoms with Crippen LogP contribution >= 0.6 is 0 Å². The van der Waals surface area contributed by atoms with Gasteiger partial charge in [0.2, 0.25) is 0 Å². The third-order valence-electron chi connectivity index (χ3n) is 5.27. The number of likely N-dealkylation sites (tertiary alicyclic amines) is 1. The van der Waals surface area contributed by atoms with Crippen molar-refractivity contribution in [1.82, 2.24) is 19.8 Å². The van der Waals surface area contributed by atoms with Crippen molar-refractivity contribution in [2.24, 2.45) is 0 Å². The zero-order valence-corrected chi connectivity index (χ0v) is 15.0. The van der Waals surface area contributed by atoms with Gasteiger partial charge in [-0.2, -0.15) is 0 Å². The average molecular weight is 352 g/mol. The first-order chi connectivity index (χ1) is 12.7. The second-order valence-electron chi connectivity index (χ2n) is 6.90. The minimum Gasteiger partial charge on any atom is -0.373 e. The lowest BCUT2D eigenvalue weighted by Gasteiger charge is -2.36. The number of ether oxygens (including phenoxy) is 1. The second kappa shape index (κ2) is 7.51. The Bertz CT molecular complexity index is 750. The molecule has 0 spiro atoms. The average Bonchev–Trinajstić information content (AvgIpc) is 3.14. The predicted octanol–water partition coefficient (Wildman–Crippen LogP) is 1.76. The molecule has 6 heteroatoms. The van der Waals surface area contributed by atoms with Crippen LogP contribution in [-0.4, -0.2) is 64.1 Å². The fourth-order valence-electron chi connectivity index (χ4n) is 3.79. The third kappa shape index (κ3) is 3.48. The molecule has 2 aromatic rings. The number of rotatable bonds is 4. The summed E-state index contributed by atoms with van der Waals surface area (Å²) in [6.07, 6.45) is 6.30. The number of aryl methyl sites for hydroxylation is 1. The molecule has 2 atom stereocenters. The predicted molar refractivity (Wildman–Crippen MR) is 97.7 cm³/mol. The highest BCUT2D eigenvalue weighted by molar-refractivity contribution is 5.94. The van der Waals surface area contributed by atoms with Crippen molar-refractivity contribution in [1.29, 1.82) is 0 Å². The molecule has 4 rings (SSSR count). The van der Waals surface area contributed by atoms with E-state index in [2.05, 4.69) is 21.8 Å². The SMILES string of the molecule is CCc1ccc(C(=O)N2CC3OCCN(Cc4ccncc4)C3C2)cn1. The van der Waals surface area contributed by atoms with Crippen LogP contribution in [0.25, 0.3) is 0 Å². The number of fused-ring (bicyclic) bond motifs is 1. The van der Waals surface area contributed by atoms with Gasteiger partial charge in [-0.05, 0) is 36.2 Å². The standard InChI is InChI=1S/C20H24N4O2/c1-2-17-4-3-16(11-22-17)20(25)24-13-18-19(14-24)26-10-9-23(18)12-15-5-7-21-8-6-15/h3-8,11,18-19H,2,9-10,12-14H2,1H3. The van der Waals surface area contributed by atoms with E-state index in [1.807, 2.05) is 41.6 Å². The molecular formula is C20H24N4O2. The Labute approximate surface area is 153 Å². The van der Waals surface area contributed by atoms with Crippen LogP contribution in [0.1, 0.15) is 28.5 Å². The molecule has 26 heavy (non-hydrogen) atoms. The van der Waals surface area contributed by atoms with Gasteiger partial charge in [-0.15, -0.1) is 0 Å². The van der Waals surface area contributed by atoms with E-state index in [9.17, 15) is 4.79 Å². The summed E-state index contributed by atoms with van der Waals surface area (Å²) in [7, 11) is 0. The molecule has 0 aliphatic carbocycles. The molecule has 2 aliphatic rings. The molecule has 0 radical (unpaired) electrons. The summed E-state index contributed by atoms with van der Waals surface area (Å²) >= 11 is 0. The maximum absolute atomic E-state index is 12.9. The Balaban J connectivity index is 1.45. The van der Waals surface area contributed by atoms with Crippen molar-refractivity contribution < 1.29 is 9.53 Å². The first kappa shape index (κ1) is 17.1. The van der Waals surface area contributed by atoms with Crippen LogP contribution in [0, 0.1) is 0 Å². The summed E-state index contributed by atoms with van der Waals surface area (Å²) in [5.41, 5.74) is 2.90. The number of hydrogen-bond acceptors (Lipinski definition) is 5. The smallest absolute Gasteiger partial charge is 0.255 e. The Morgan fingerprint density at radius 1 is 1.23 bits per heavy atom. The quantitative estimate of drug-likeness (QED) is 0.839. The molecule has 0 saturated carbocycles. The van der Waals surface area contributed by atoms with Crippen molar-refractivity contribution in [3.63, 3.8) is 0 Å². The number of morpholine rings is 1. The zero-order valence-electron chi connectivity index (χ0n) is 15.0. The molecule has 4 heterocycles. The van der Waals surface area contributed by atoms with Crippen LogP contribution in [0.15, 0.2) is 42.9 Å². The van der Waals surface area contributed by atoms with Gasteiger partial charge in [0.1, 0.15) is 0 Å². The number of hydrogen-bond donors (Lipinski definition) is 0. The van der Waals surface area contributed by atoms with Crippen molar-refractivity contribution in [2.75, 3.05) is 26.2 Å². The van der Waals surface area contributed by atoms with E-state index < -0.39 is 0 Å². The van der Waals surface area contributed by atoms with E-state index in [0.717, 1.165) is 25.2 Å². The van der Waals surface area contributed by atoms with Gasteiger partial charge in [-0.3, -0.25) is 19.7 Å². The molecule has 2 aliphatic heterocycles. The third-order valence-corrected chi connectivity index (χ3v) is 5.27. The van der Waals surface area contributed by atoms with Crippen molar-refractivity contribution >= 4 is 5.91 Å². The van der Waals surface area contributed by atoms with Gasteiger partial charge < -0.3 is 9.64 Å². The Kier molecular flexibility index (Phi) is 4.95. The van der Waals surface area contributed by atoms with Crippen molar-refractivity contribution in [3.8, 4) is 0 Å². The fourth-order valence-corrected chi connectivity index (χ4v) is 3.79. The summed E-state index contributed by atoms with van der Waals surface area (Å²) in [5, 5.41) is 0. The molecule has 0 bridgehead atoms. The van der Waals surface area contributed by atoms with Crippen LogP contribution in [0.5, 0.6) is 0 Å². The van der Waals surface area contributed by atoms with E-state index >= 15 is 0 Å². The lowest BCUT2D eigenvalue weighted by atomic mass is 10.1. The Hall–Kier alpha value is -2.31. The fraction of sp³-hybridized carbons (Fsp3) is 0.450. The summed E-state index contributed by atoms with van der Waals surface area (Å²) in [6.45, 7) is 5.86. The van der Waals surface area contributed by atoms with E-state index in [1.165, 1.54) is 5.56 Å². The zero-order chi connectivity index (χ0) is 17.9. The normalized spacial score (nSPS) is 23.0. The molecule has 0 aromatic carbocycles. The number of aromatic nitrogens is 2. The van der Waals surface area contributed by atoms with Crippen molar-refractivity contribution in [3.05, 3.63) is 59.7 Å². The number of nitrogens with zero attached hydrogens (tertiary/aromatic N) is 4. The summed E-state index contributed by atoms with van der Waals surface area (Å²) in [6, 6.07) is 8.14. The minimum absolute atomic E-state index is 0.0435. The lowest BCUT2D eigenvalue weighted by molar-refractivity contribution is -0.0503. The van der Waals surface area contributed by atoms with Crippen LogP contribution in [0.3, 0.4) is 0 Å². The van der Waals surface area contributed by atoms with E-state index in [1.54, 1.807) is 6.20 Å². The second-order valence-corrected chi connectivity index (χ2v) is 6.90. The van der Waals surface area contributed by atoms with Crippen LogP contribution in [0.2, 0.25) is 0 Å². The van der Waals surface area contributed by atoms with Crippen LogP contribution in [-0.2, 0) is 17.7 Å². The number of pyridine rings is 2. The van der Waals surface area contributed by atoms with Gasteiger partial charge in [0.25, 0.3) is 5.91 Å². The van der Waals surface area contributed by atoms with E-state index in [0.29, 0.717) is 25.3 Å². The van der Waals surface area contributed by atoms with Gasteiger partial charge in [0.05, 0.1) is 24.3 Å². The molecule has 6 nitrogen and oxygen atoms in total. The first-order valence-electron chi connectivity index (χ1n) is 9.23. The number of amides is 1. The summed E-state index contributed by atoms with van der Waals surface area (Å²) < 4.78 is 5.96. The van der Waals surface area contributed by atoms with Gasteiger partial charge in [-0.25, -0.2) is 0 Å². The number of carbonyl (C=O) groups is 1. The first-order valence-corrected chi connectivity index (χ1v) is 9.23. The monoisotopic (exact) mass is 352 g/mol. The van der Waals surface area contributed by atoms with Gasteiger partial charge in [0, 0.05) is 50.5 Å². The van der Waals surface area contributed by atoms with Crippen molar-refractivity contribution in [2.45, 2.75) is 32.0 Å². The molecule has 136 valence electrons. The molecule has 2 fully saturated rings. The van der Waals surface area contributed by atoms with Gasteiger partial charge in [0.15, 0.2) is 0 Å². The molecular weight excluding hydrogens is 328 g/mol. The lowest BCUT2D eigenvalue weighted by Crippen LogP contribution is -2.50. The molecule has 2 unspecified atom stereocenters. The minimum atomic E-state index is 0.0435. The number of carbonyl (C=O) groups excluding carboxylic acids is 1. The highest BCUT2D eigenvalue weighted by Crippen LogP contribution is 2.25.